The average molecular weight is 234 g/mol. The van der Waals surface area contributed by atoms with Crippen molar-refractivity contribution in [1.82, 2.24) is 9.88 Å². The van der Waals surface area contributed by atoms with E-state index in [4.69, 9.17) is 5.11 Å². The molecule has 0 spiro atoms. The molecule has 0 saturated heterocycles. The van der Waals surface area contributed by atoms with E-state index in [-0.39, 0.29) is 0 Å². The fraction of sp³-hybridized carbons (Fsp3) is 0.385. The Labute approximate surface area is 102 Å². The Morgan fingerprint density at radius 1 is 1.47 bits per heavy atom. The van der Waals surface area contributed by atoms with Crippen molar-refractivity contribution < 1.29 is 9.90 Å². The Balaban J connectivity index is 2.58. The molecular weight excluding hydrogens is 216 g/mol. The van der Waals surface area contributed by atoms with E-state index >= 15 is 0 Å². The lowest BCUT2D eigenvalue weighted by Gasteiger charge is -2.20. The Hall–Kier alpha value is -1.68. The van der Waals surface area contributed by atoms with Crippen LogP contribution in [-0.4, -0.2) is 34.0 Å². The van der Waals surface area contributed by atoms with Crippen molar-refractivity contribution in [2.75, 3.05) is 13.1 Å². The van der Waals surface area contributed by atoms with Crippen LogP contribution in [0.5, 0.6) is 0 Å². The van der Waals surface area contributed by atoms with Gasteiger partial charge < -0.3 is 5.11 Å². The first-order valence-electron chi connectivity index (χ1n) is 5.63. The number of pyridine rings is 1. The molecule has 0 aliphatic rings. The summed E-state index contributed by atoms with van der Waals surface area (Å²) < 4.78 is 0. The van der Waals surface area contributed by atoms with Crippen LogP contribution in [0.3, 0.4) is 0 Å². The summed E-state index contributed by atoms with van der Waals surface area (Å²) in [5.74, 6) is -0.887. The second kappa shape index (κ2) is 6.81. The SMILES string of the molecule is CCN(CC(C)=CC(=O)O)Cc1ccncc1. The van der Waals surface area contributed by atoms with E-state index in [1.807, 2.05) is 19.1 Å². The zero-order valence-corrected chi connectivity index (χ0v) is 10.3. The molecule has 1 N–H and O–H groups in total. The van der Waals surface area contributed by atoms with Gasteiger partial charge in [-0.2, -0.15) is 0 Å². The Morgan fingerprint density at radius 2 is 2.12 bits per heavy atom. The lowest BCUT2D eigenvalue weighted by atomic mass is 10.2. The monoisotopic (exact) mass is 234 g/mol. The minimum Gasteiger partial charge on any atom is -0.478 e. The van der Waals surface area contributed by atoms with Crippen LogP contribution < -0.4 is 0 Å². The quantitative estimate of drug-likeness (QED) is 0.764. The maximum absolute atomic E-state index is 10.5. The maximum Gasteiger partial charge on any atom is 0.328 e. The zero-order valence-electron chi connectivity index (χ0n) is 10.3. The highest BCUT2D eigenvalue weighted by molar-refractivity contribution is 5.80. The van der Waals surface area contributed by atoms with E-state index in [0.717, 1.165) is 18.7 Å². The highest BCUT2D eigenvalue weighted by Crippen LogP contribution is 2.05. The summed E-state index contributed by atoms with van der Waals surface area (Å²) in [6, 6.07) is 3.94. The predicted octanol–water partition coefficient (Wildman–Crippen LogP) is 1.93. The van der Waals surface area contributed by atoms with Gasteiger partial charge in [0.2, 0.25) is 0 Å². The normalized spacial score (nSPS) is 11.8. The molecule has 92 valence electrons. The van der Waals surface area contributed by atoms with Gasteiger partial charge in [0.05, 0.1) is 0 Å². The standard InChI is InChI=1S/C13H18N2O2/c1-3-15(9-11(2)8-13(16)17)10-12-4-6-14-7-5-12/h4-8H,3,9-10H2,1-2H3,(H,16,17). The summed E-state index contributed by atoms with van der Waals surface area (Å²) >= 11 is 0. The predicted molar refractivity (Wildman–Crippen MR) is 66.6 cm³/mol. The van der Waals surface area contributed by atoms with Gasteiger partial charge in [0.1, 0.15) is 0 Å². The summed E-state index contributed by atoms with van der Waals surface area (Å²) in [4.78, 5) is 16.7. The molecule has 0 aliphatic heterocycles. The Morgan fingerprint density at radius 3 is 2.65 bits per heavy atom. The number of hydrogen-bond acceptors (Lipinski definition) is 3. The van der Waals surface area contributed by atoms with Gasteiger partial charge in [0.15, 0.2) is 0 Å². The number of carboxylic acids is 1. The van der Waals surface area contributed by atoms with Gasteiger partial charge in [-0.05, 0) is 31.2 Å². The number of nitrogens with zero attached hydrogens (tertiary/aromatic N) is 2. The molecular formula is C13H18N2O2. The number of carbonyl (C=O) groups is 1. The molecule has 0 bridgehead atoms. The lowest BCUT2D eigenvalue weighted by molar-refractivity contribution is -0.131. The number of likely N-dealkylation sites (N-methyl/N-ethyl adjacent to an activating group) is 1. The molecule has 0 saturated carbocycles. The lowest BCUT2D eigenvalue weighted by Crippen LogP contribution is -2.25. The summed E-state index contributed by atoms with van der Waals surface area (Å²) in [7, 11) is 0. The van der Waals surface area contributed by atoms with Crippen LogP contribution in [0.1, 0.15) is 19.4 Å². The van der Waals surface area contributed by atoms with Crippen LogP contribution in [0, 0.1) is 0 Å². The second-order valence-corrected chi connectivity index (χ2v) is 3.99. The van der Waals surface area contributed by atoms with E-state index in [2.05, 4.69) is 16.8 Å². The van der Waals surface area contributed by atoms with Crippen LogP contribution in [0.15, 0.2) is 36.2 Å². The Kier molecular flexibility index (Phi) is 5.36. The molecule has 0 unspecified atom stereocenters. The van der Waals surface area contributed by atoms with Crippen molar-refractivity contribution in [3.8, 4) is 0 Å². The molecule has 0 amide bonds. The number of aromatic nitrogens is 1. The molecule has 0 aromatic carbocycles. The van der Waals surface area contributed by atoms with Gasteiger partial charge in [-0.1, -0.05) is 12.5 Å². The highest BCUT2D eigenvalue weighted by atomic mass is 16.4. The van der Waals surface area contributed by atoms with Crippen molar-refractivity contribution in [3.05, 3.63) is 41.7 Å². The van der Waals surface area contributed by atoms with Crippen molar-refractivity contribution in [2.24, 2.45) is 0 Å². The molecule has 0 fully saturated rings. The number of rotatable bonds is 6. The van der Waals surface area contributed by atoms with Gasteiger partial charge >= 0.3 is 5.97 Å². The van der Waals surface area contributed by atoms with Crippen LogP contribution in [0.4, 0.5) is 0 Å². The van der Waals surface area contributed by atoms with Crippen molar-refractivity contribution in [3.63, 3.8) is 0 Å². The molecule has 1 heterocycles. The number of aliphatic carboxylic acids is 1. The smallest absolute Gasteiger partial charge is 0.328 e. The molecule has 4 nitrogen and oxygen atoms in total. The molecule has 4 heteroatoms. The molecule has 0 aliphatic carbocycles. The second-order valence-electron chi connectivity index (χ2n) is 3.99. The third-order valence-electron chi connectivity index (χ3n) is 2.45. The first kappa shape index (κ1) is 13.4. The van der Waals surface area contributed by atoms with E-state index in [9.17, 15) is 4.79 Å². The third-order valence-corrected chi connectivity index (χ3v) is 2.45. The van der Waals surface area contributed by atoms with Gasteiger partial charge in [-0.25, -0.2) is 4.79 Å². The fourth-order valence-corrected chi connectivity index (χ4v) is 1.64. The third kappa shape index (κ3) is 5.26. The summed E-state index contributed by atoms with van der Waals surface area (Å²) in [5.41, 5.74) is 2.04. The molecule has 0 atom stereocenters. The van der Waals surface area contributed by atoms with Gasteiger partial charge in [-0.15, -0.1) is 0 Å². The first-order chi connectivity index (χ1) is 8.11. The van der Waals surface area contributed by atoms with Gasteiger partial charge in [-0.3, -0.25) is 9.88 Å². The maximum atomic E-state index is 10.5. The Bertz CT molecular complexity index is 388. The highest BCUT2D eigenvalue weighted by Gasteiger charge is 2.05. The minimum atomic E-state index is -0.887. The zero-order chi connectivity index (χ0) is 12.7. The molecule has 17 heavy (non-hydrogen) atoms. The first-order valence-corrected chi connectivity index (χ1v) is 5.63. The molecule has 0 radical (unpaired) electrons. The topological polar surface area (TPSA) is 53.4 Å². The molecule has 1 rings (SSSR count). The minimum absolute atomic E-state index is 0.672. The fourth-order valence-electron chi connectivity index (χ4n) is 1.64. The van der Waals surface area contributed by atoms with E-state index in [1.54, 1.807) is 12.4 Å². The summed E-state index contributed by atoms with van der Waals surface area (Å²) in [5, 5.41) is 8.66. The van der Waals surface area contributed by atoms with E-state index < -0.39 is 5.97 Å². The largest absolute Gasteiger partial charge is 0.478 e. The summed E-state index contributed by atoms with van der Waals surface area (Å²) in [6.45, 7) is 6.26. The summed E-state index contributed by atoms with van der Waals surface area (Å²) in [6.07, 6.45) is 4.79. The van der Waals surface area contributed by atoms with Crippen molar-refractivity contribution in [2.45, 2.75) is 20.4 Å². The van der Waals surface area contributed by atoms with Crippen LogP contribution in [-0.2, 0) is 11.3 Å². The van der Waals surface area contributed by atoms with Gasteiger partial charge in [0.25, 0.3) is 0 Å². The van der Waals surface area contributed by atoms with Crippen LogP contribution in [0.2, 0.25) is 0 Å². The van der Waals surface area contributed by atoms with Crippen molar-refractivity contribution in [1.29, 1.82) is 0 Å². The number of hydrogen-bond donors (Lipinski definition) is 1. The van der Waals surface area contributed by atoms with Crippen LogP contribution >= 0.6 is 0 Å². The van der Waals surface area contributed by atoms with Crippen molar-refractivity contribution >= 4 is 5.97 Å². The molecule has 1 aromatic rings. The van der Waals surface area contributed by atoms with E-state index in [0.29, 0.717) is 6.54 Å². The molecule has 1 aromatic heterocycles. The van der Waals surface area contributed by atoms with E-state index in [1.165, 1.54) is 11.6 Å². The average Bonchev–Trinajstić information content (AvgIpc) is 2.28. The van der Waals surface area contributed by atoms with Crippen LogP contribution in [0.25, 0.3) is 0 Å². The number of carboxylic acid groups (broad SMARTS) is 1. The van der Waals surface area contributed by atoms with Gasteiger partial charge in [0, 0.05) is 31.6 Å².